The molecule has 0 saturated carbocycles. The molecule has 1 fully saturated rings. The van der Waals surface area contributed by atoms with Gasteiger partial charge in [-0.3, -0.25) is 4.79 Å². The number of hydrogen-bond donors (Lipinski definition) is 0. The Morgan fingerprint density at radius 2 is 2.04 bits per heavy atom. The molecule has 0 bridgehead atoms. The smallest absolute Gasteiger partial charge is 0.410 e. The summed E-state index contributed by atoms with van der Waals surface area (Å²) in [5.74, 6) is -0.743. The minimum absolute atomic E-state index is 0.0829. The van der Waals surface area contributed by atoms with Crippen molar-refractivity contribution in [3.8, 4) is 0 Å². The first-order valence-electron chi connectivity index (χ1n) is 8.39. The third kappa shape index (κ3) is 5.22. The number of likely N-dealkylation sites (tertiary alicyclic amines) is 1. The van der Waals surface area contributed by atoms with E-state index < -0.39 is 11.4 Å². The second-order valence-electron chi connectivity index (χ2n) is 7.38. The first-order chi connectivity index (χ1) is 12.0. The number of carbonyl (C=O) groups excluding carboxylic acids is 2. The number of halogens is 3. The molecule has 0 radical (unpaired) electrons. The third-order valence-electron chi connectivity index (χ3n) is 4.16. The molecule has 0 aliphatic carbocycles. The van der Waals surface area contributed by atoms with Crippen LogP contribution in [0.5, 0.6) is 0 Å². The second kappa shape index (κ2) is 8.29. The highest BCUT2D eigenvalue weighted by molar-refractivity contribution is 14.1. The molecule has 1 saturated heterocycles. The van der Waals surface area contributed by atoms with Gasteiger partial charge in [0.05, 0.1) is 10.6 Å². The zero-order chi connectivity index (χ0) is 19.6. The number of ether oxygens (including phenoxy) is 1. The molecule has 8 heteroatoms. The summed E-state index contributed by atoms with van der Waals surface area (Å²) in [4.78, 5) is 28.3. The number of hydrogen-bond acceptors (Lipinski definition) is 3. The van der Waals surface area contributed by atoms with Gasteiger partial charge in [0.1, 0.15) is 11.4 Å². The van der Waals surface area contributed by atoms with Crippen LogP contribution in [0.2, 0.25) is 5.02 Å². The monoisotopic (exact) mass is 496 g/mol. The van der Waals surface area contributed by atoms with Gasteiger partial charge in [0.25, 0.3) is 5.91 Å². The van der Waals surface area contributed by atoms with Gasteiger partial charge in [-0.2, -0.15) is 0 Å². The molecule has 0 spiro atoms. The van der Waals surface area contributed by atoms with Crippen molar-refractivity contribution in [1.29, 1.82) is 0 Å². The summed E-state index contributed by atoms with van der Waals surface area (Å²) < 4.78 is 19.3. The maximum absolute atomic E-state index is 13.6. The Bertz CT molecular complexity index is 708. The molecule has 1 heterocycles. The maximum atomic E-state index is 13.6. The summed E-state index contributed by atoms with van der Waals surface area (Å²) in [5.41, 5.74) is -0.307. The first-order valence-corrected chi connectivity index (χ1v) is 9.85. The molecule has 0 aromatic heterocycles. The number of nitrogens with zero attached hydrogens (tertiary/aromatic N) is 2. The van der Waals surface area contributed by atoms with Crippen LogP contribution < -0.4 is 0 Å². The van der Waals surface area contributed by atoms with Crippen LogP contribution in [-0.4, -0.2) is 53.6 Å². The molecule has 26 heavy (non-hydrogen) atoms. The van der Waals surface area contributed by atoms with E-state index in [2.05, 4.69) is 0 Å². The highest BCUT2D eigenvalue weighted by Crippen LogP contribution is 2.25. The fourth-order valence-electron chi connectivity index (χ4n) is 2.81. The quantitative estimate of drug-likeness (QED) is 0.446. The van der Waals surface area contributed by atoms with Crippen LogP contribution in [0.4, 0.5) is 9.18 Å². The number of rotatable bonds is 2. The SMILES string of the molecule is CN(C(=O)c1cc(I)c(F)cc1Cl)C1CCCN(C(=O)OC(C)(C)C)C1. The molecule has 1 aliphatic rings. The van der Waals surface area contributed by atoms with Gasteiger partial charge < -0.3 is 14.5 Å². The summed E-state index contributed by atoms with van der Waals surface area (Å²) in [5, 5.41) is 0.0829. The number of amides is 2. The zero-order valence-corrected chi connectivity index (χ0v) is 18.2. The summed E-state index contributed by atoms with van der Waals surface area (Å²) in [6.07, 6.45) is 1.17. The predicted molar refractivity (Wildman–Crippen MR) is 107 cm³/mol. The number of likely N-dealkylation sites (N-methyl/N-ethyl adjacent to an activating group) is 1. The highest BCUT2D eigenvalue weighted by Gasteiger charge is 2.32. The van der Waals surface area contributed by atoms with Crippen molar-refractivity contribution in [3.63, 3.8) is 0 Å². The Morgan fingerprint density at radius 1 is 1.38 bits per heavy atom. The maximum Gasteiger partial charge on any atom is 0.410 e. The van der Waals surface area contributed by atoms with E-state index in [-0.39, 0.29) is 28.6 Å². The Balaban J connectivity index is 2.11. The van der Waals surface area contributed by atoms with Gasteiger partial charge in [-0.1, -0.05) is 11.6 Å². The standard InChI is InChI=1S/C18H23ClFIN2O3/c1-18(2,3)26-17(25)23-7-5-6-11(10-23)22(4)16(24)12-8-15(21)14(20)9-13(12)19/h8-9,11H,5-7,10H2,1-4H3. The molecule has 1 aromatic rings. The summed E-state index contributed by atoms with van der Waals surface area (Å²) >= 11 is 7.88. The van der Waals surface area contributed by atoms with Gasteiger partial charge in [-0.25, -0.2) is 9.18 Å². The van der Waals surface area contributed by atoms with Crippen LogP contribution >= 0.6 is 34.2 Å². The molecule has 1 aromatic carbocycles. The van der Waals surface area contributed by atoms with Crippen molar-refractivity contribution in [1.82, 2.24) is 9.80 Å². The molecule has 144 valence electrons. The topological polar surface area (TPSA) is 49.9 Å². The lowest BCUT2D eigenvalue weighted by atomic mass is 10.0. The summed E-state index contributed by atoms with van der Waals surface area (Å²) in [6, 6.07) is 2.45. The Labute approximate surface area is 171 Å². The molecule has 5 nitrogen and oxygen atoms in total. The normalized spacial score (nSPS) is 17.8. The first kappa shape index (κ1) is 21.2. The average molecular weight is 497 g/mol. The van der Waals surface area contributed by atoms with Gasteiger partial charge in [0.15, 0.2) is 0 Å². The van der Waals surface area contributed by atoms with Gasteiger partial charge >= 0.3 is 6.09 Å². The molecule has 1 atom stereocenters. The van der Waals surface area contributed by atoms with E-state index in [1.807, 2.05) is 43.4 Å². The summed E-state index contributed by atoms with van der Waals surface area (Å²) in [6.45, 7) is 6.45. The lowest BCUT2D eigenvalue weighted by Crippen LogP contribution is -2.51. The van der Waals surface area contributed by atoms with Crippen molar-refractivity contribution < 1.29 is 18.7 Å². The van der Waals surface area contributed by atoms with Crippen LogP contribution in [0.3, 0.4) is 0 Å². The predicted octanol–water partition coefficient (Wildman–Crippen LogP) is 4.56. The Morgan fingerprint density at radius 3 is 2.65 bits per heavy atom. The third-order valence-corrected chi connectivity index (χ3v) is 5.30. The molecular formula is C18H23ClFIN2O3. The van der Waals surface area contributed by atoms with E-state index in [0.29, 0.717) is 16.7 Å². The van der Waals surface area contributed by atoms with Crippen molar-refractivity contribution >= 4 is 46.2 Å². The average Bonchev–Trinajstić information content (AvgIpc) is 2.55. The van der Waals surface area contributed by atoms with Crippen molar-refractivity contribution in [2.45, 2.75) is 45.3 Å². The van der Waals surface area contributed by atoms with Crippen molar-refractivity contribution in [2.75, 3.05) is 20.1 Å². The van der Waals surface area contributed by atoms with Crippen LogP contribution in [0, 0.1) is 9.39 Å². The number of piperidine rings is 1. The summed E-state index contributed by atoms with van der Waals surface area (Å²) in [7, 11) is 1.68. The molecular weight excluding hydrogens is 474 g/mol. The lowest BCUT2D eigenvalue weighted by molar-refractivity contribution is 0.0123. The number of carbonyl (C=O) groups is 2. The van der Waals surface area contributed by atoms with Crippen LogP contribution in [0.1, 0.15) is 44.0 Å². The van der Waals surface area contributed by atoms with Gasteiger partial charge in [0, 0.05) is 29.7 Å². The molecule has 1 unspecified atom stereocenters. The van der Waals surface area contributed by atoms with Gasteiger partial charge in [0.2, 0.25) is 0 Å². The molecule has 0 N–H and O–H groups in total. The lowest BCUT2D eigenvalue weighted by Gasteiger charge is -2.38. The molecule has 2 amide bonds. The van der Waals surface area contributed by atoms with Gasteiger partial charge in [-0.15, -0.1) is 0 Å². The fourth-order valence-corrected chi connectivity index (χ4v) is 3.50. The van der Waals surface area contributed by atoms with Crippen molar-refractivity contribution in [2.24, 2.45) is 0 Å². The molecule has 1 aliphatic heterocycles. The van der Waals surface area contributed by atoms with E-state index in [1.54, 1.807) is 16.8 Å². The van der Waals surface area contributed by atoms with E-state index in [1.165, 1.54) is 6.07 Å². The fraction of sp³-hybridized carbons (Fsp3) is 0.556. The van der Waals surface area contributed by atoms with Crippen LogP contribution in [-0.2, 0) is 4.74 Å². The number of benzene rings is 1. The second-order valence-corrected chi connectivity index (χ2v) is 8.95. The highest BCUT2D eigenvalue weighted by atomic mass is 127. The largest absolute Gasteiger partial charge is 0.444 e. The van der Waals surface area contributed by atoms with Gasteiger partial charge in [-0.05, 0) is 68.3 Å². The van der Waals surface area contributed by atoms with Crippen LogP contribution in [0.25, 0.3) is 0 Å². The van der Waals surface area contributed by atoms with Crippen molar-refractivity contribution in [3.05, 3.63) is 32.1 Å². The van der Waals surface area contributed by atoms with E-state index in [0.717, 1.165) is 18.9 Å². The van der Waals surface area contributed by atoms with Crippen LogP contribution in [0.15, 0.2) is 12.1 Å². The molecule has 2 rings (SSSR count). The zero-order valence-electron chi connectivity index (χ0n) is 15.3. The minimum Gasteiger partial charge on any atom is -0.444 e. The Hall–Kier alpha value is -1.09. The Kier molecular flexibility index (Phi) is 6.76. The van der Waals surface area contributed by atoms with E-state index >= 15 is 0 Å². The van der Waals surface area contributed by atoms with E-state index in [9.17, 15) is 14.0 Å². The van der Waals surface area contributed by atoms with E-state index in [4.69, 9.17) is 16.3 Å². The minimum atomic E-state index is -0.565.